The van der Waals surface area contributed by atoms with E-state index in [1.54, 1.807) is 37.3 Å². The molecule has 1 amide bonds. The van der Waals surface area contributed by atoms with Crippen molar-refractivity contribution in [1.29, 1.82) is 0 Å². The lowest BCUT2D eigenvalue weighted by molar-refractivity contribution is -0.132. The lowest BCUT2D eigenvalue weighted by Crippen LogP contribution is -2.29. The van der Waals surface area contributed by atoms with Crippen LogP contribution in [0.15, 0.2) is 48.0 Å². The van der Waals surface area contributed by atoms with Crippen LogP contribution in [0.1, 0.15) is 65.3 Å². The zero-order chi connectivity index (χ0) is 27.6. The minimum atomic E-state index is -0.999. The molecule has 0 radical (unpaired) electrons. The van der Waals surface area contributed by atoms with Gasteiger partial charge >= 0.3 is 5.91 Å². The lowest BCUT2D eigenvalue weighted by atomic mass is 9.95. The maximum atomic E-state index is 13.5. The van der Waals surface area contributed by atoms with Gasteiger partial charge in [-0.3, -0.25) is 19.3 Å². The van der Waals surface area contributed by atoms with Crippen LogP contribution in [0.3, 0.4) is 0 Å². The van der Waals surface area contributed by atoms with Crippen LogP contribution >= 0.6 is 11.3 Å². The summed E-state index contributed by atoms with van der Waals surface area (Å²) in [5, 5.41) is 11.5. The molecule has 1 aromatic heterocycles. The molecule has 0 saturated carbocycles. The molecular formula is C29H30N2O6S. The minimum absolute atomic E-state index is 0.0687. The minimum Gasteiger partial charge on any atom is -0.507 e. The van der Waals surface area contributed by atoms with E-state index in [0.717, 1.165) is 23.3 Å². The third-order valence-corrected chi connectivity index (χ3v) is 7.38. The van der Waals surface area contributed by atoms with Crippen LogP contribution in [-0.2, 0) is 9.59 Å². The number of ketones is 2. The summed E-state index contributed by atoms with van der Waals surface area (Å²) in [6, 6.07) is 11.2. The van der Waals surface area contributed by atoms with Gasteiger partial charge in [0.2, 0.25) is 0 Å². The predicted octanol–water partition coefficient (Wildman–Crippen LogP) is 5.78. The maximum absolute atomic E-state index is 13.5. The van der Waals surface area contributed by atoms with Gasteiger partial charge in [0.25, 0.3) is 5.78 Å². The van der Waals surface area contributed by atoms with Crippen LogP contribution in [-0.4, -0.2) is 40.8 Å². The topological polar surface area (TPSA) is 106 Å². The molecule has 1 N–H and O–H groups in total. The Morgan fingerprint density at radius 1 is 1.05 bits per heavy atom. The van der Waals surface area contributed by atoms with E-state index in [-0.39, 0.29) is 22.2 Å². The number of aryl methyl sites for hydroxylation is 2. The molecule has 9 heteroatoms. The summed E-state index contributed by atoms with van der Waals surface area (Å²) in [7, 11) is 0. The van der Waals surface area contributed by atoms with Crippen LogP contribution in [0, 0.1) is 13.8 Å². The number of hydrogen-bond acceptors (Lipinski definition) is 8. The fourth-order valence-electron chi connectivity index (χ4n) is 4.32. The largest absolute Gasteiger partial charge is 0.507 e. The Balaban J connectivity index is 1.94. The van der Waals surface area contributed by atoms with Crippen LogP contribution in [0.2, 0.25) is 0 Å². The molecule has 0 spiro atoms. The highest BCUT2D eigenvalue weighted by molar-refractivity contribution is 7.18. The fourth-order valence-corrected chi connectivity index (χ4v) is 5.31. The van der Waals surface area contributed by atoms with Crippen molar-refractivity contribution in [2.24, 2.45) is 0 Å². The molecule has 4 rings (SSSR count). The second-order valence-corrected chi connectivity index (χ2v) is 9.97. The van der Waals surface area contributed by atoms with Crippen molar-refractivity contribution in [2.75, 3.05) is 18.1 Å². The van der Waals surface area contributed by atoms with E-state index in [1.807, 2.05) is 32.9 Å². The third kappa shape index (κ3) is 5.06. The quantitative estimate of drug-likeness (QED) is 0.161. The van der Waals surface area contributed by atoms with Gasteiger partial charge in [-0.1, -0.05) is 54.2 Å². The number of benzene rings is 2. The number of rotatable bonds is 9. The molecule has 3 aromatic rings. The number of nitrogens with zero attached hydrogens (tertiary/aromatic N) is 2. The van der Waals surface area contributed by atoms with E-state index in [9.17, 15) is 19.5 Å². The Bertz CT molecular complexity index is 1420. The summed E-state index contributed by atoms with van der Waals surface area (Å²) >= 11 is 1.04. The average molecular weight is 535 g/mol. The molecule has 1 atom stereocenters. The summed E-state index contributed by atoms with van der Waals surface area (Å²) in [4.78, 5) is 45.2. The number of carbonyl (C=O) groups is 3. The van der Waals surface area contributed by atoms with Crippen molar-refractivity contribution in [3.05, 3.63) is 75.3 Å². The molecule has 1 fully saturated rings. The standard InChI is InChI=1S/C29H30N2O6S/c1-6-14-37-21-13-12-20(15-22(21)36-7-2)24-23(25(33)19-10-8-16(3)9-11-19)26(34)28(35)31(24)29-30-17(4)27(38-29)18(5)32/h8-13,15,24,33H,6-7,14H2,1-5H3/b25-23+. The number of thiazole rings is 1. The SMILES string of the molecule is CCCOc1ccc(C2/C(=C(\O)c3ccc(C)cc3)C(=O)C(=O)N2c2nc(C)c(C(C)=O)s2)cc1OCC. The summed E-state index contributed by atoms with van der Waals surface area (Å²) in [5.41, 5.74) is 2.32. The molecule has 198 valence electrons. The van der Waals surface area contributed by atoms with Gasteiger partial charge in [-0.2, -0.15) is 0 Å². The number of Topliss-reactive ketones (excluding diaryl/α,β-unsaturated/α-hetero) is 2. The van der Waals surface area contributed by atoms with Crippen LogP contribution in [0.4, 0.5) is 5.13 Å². The number of aromatic nitrogens is 1. The zero-order valence-corrected chi connectivity index (χ0v) is 22.8. The van der Waals surface area contributed by atoms with Gasteiger partial charge in [0, 0.05) is 12.5 Å². The molecule has 2 aromatic carbocycles. The summed E-state index contributed by atoms with van der Waals surface area (Å²) in [6.45, 7) is 9.75. The van der Waals surface area contributed by atoms with Crippen LogP contribution < -0.4 is 14.4 Å². The Hall–Kier alpha value is -3.98. The van der Waals surface area contributed by atoms with Gasteiger partial charge in [-0.05, 0) is 44.9 Å². The second kappa shape index (κ2) is 11.2. The first-order valence-electron chi connectivity index (χ1n) is 12.4. The van der Waals surface area contributed by atoms with Gasteiger partial charge < -0.3 is 14.6 Å². The number of ether oxygens (including phenoxy) is 2. The summed E-state index contributed by atoms with van der Waals surface area (Å²) in [6.07, 6.45) is 0.811. The number of anilines is 1. The van der Waals surface area contributed by atoms with Crippen molar-refractivity contribution < 1.29 is 29.0 Å². The molecule has 1 aliphatic rings. The van der Waals surface area contributed by atoms with Crippen molar-refractivity contribution in [1.82, 2.24) is 4.98 Å². The summed E-state index contributed by atoms with van der Waals surface area (Å²) in [5.74, 6) is -1.15. The molecule has 8 nitrogen and oxygen atoms in total. The molecule has 1 aliphatic heterocycles. The van der Waals surface area contributed by atoms with Crippen molar-refractivity contribution >= 4 is 39.7 Å². The van der Waals surface area contributed by atoms with Gasteiger partial charge in [-0.25, -0.2) is 4.98 Å². The molecule has 1 saturated heterocycles. The van der Waals surface area contributed by atoms with Crippen molar-refractivity contribution in [2.45, 2.75) is 47.1 Å². The first-order valence-corrected chi connectivity index (χ1v) is 13.2. The first-order chi connectivity index (χ1) is 18.2. The fraction of sp³-hybridized carbons (Fsp3) is 0.310. The highest BCUT2D eigenvalue weighted by Gasteiger charge is 2.48. The molecule has 0 bridgehead atoms. The van der Waals surface area contributed by atoms with Crippen molar-refractivity contribution in [3.8, 4) is 11.5 Å². The van der Waals surface area contributed by atoms with E-state index >= 15 is 0 Å². The Morgan fingerprint density at radius 3 is 2.37 bits per heavy atom. The molecular weight excluding hydrogens is 504 g/mol. The highest BCUT2D eigenvalue weighted by Crippen LogP contribution is 2.45. The van der Waals surface area contributed by atoms with Gasteiger partial charge in [-0.15, -0.1) is 0 Å². The average Bonchev–Trinajstić information content (AvgIpc) is 3.40. The predicted molar refractivity (Wildman–Crippen MR) is 146 cm³/mol. The first kappa shape index (κ1) is 27.1. The van der Waals surface area contributed by atoms with Gasteiger partial charge in [0.05, 0.1) is 35.4 Å². The second-order valence-electron chi connectivity index (χ2n) is 8.99. The molecule has 0 aliphatic carbocycles. The third-order valence-electron chi connectivity index (χ3n) is 6.13. The van der Waals surface area contributed by atoms with E-state index in [2.05, 4.69) is 4.98 Å². The van der Waals surface area contributed by atoms with Crippen molar-refractivity contribution in [3.63, 3.8) is 0 Å². The van der Waals surface area contributed by atoms with Gasteiger partial charge in [0.1, 0.15) is 5.76 Å². The molecule has 1 unspecified atom stereocenters. The lowest BCUT2D eigenvalue weighted by Gasteiger charge is -2.24. The number of carbonyl (C=O) groups excluding carboxylic acids is 3. The van der Waals surface area contributed by atoms with Gasteiger partial charge in [0.15, 0.2) is 22.4 Å². The van der Waals surface area contributed by atoms with E-state index in [1.165, 1.54) is 11.8 Å². The van der Waals surface area contributed by atoms with E-state index in [4.69, 9.17) is 9.47 Å². The smallest absolute Gasteiger partial charge is 0.301 e. The number of aliphatic hydroxyl groups is 1. The molecule has 2 heterocycles. The monoisotopic (exact) mass is 534 g/mol. The van der Waals surface area contributed by atoms with Crippen LogP contribution in [0.25, 0.3) is 5.76 Å². The van der Waals surface area contributed by atoms with Crippen LogP contribution in [0.5, 0.6) is 11.5 Å². The number of aliphatic hydroxyl groups excluding tert-OH is 1. The zero-order valence-electron chi connectivity index (χ0n) is 22.0. The highest BCUT2D eigenvalue weighted by atomic mass is 32.1. The molecule has 38 heavy (non-hydrogen) atoms. The normalized spacial score (nSPS) is 16.7. The maximum Gasteiger partial charge on any atom is 0.301 e. The van der Waals surface area contributed by atoms with E-state index in [0.29, 0.717) is 46.4 Å². The summed E-state index contributed by atoms with van der Waals surface area (Å²) < 4.78 is 11.7. The van der Waals surface area contributed by atoms with E-state index < -0.39 is 17.7 Å². The Labute approximate surface area is 225 Å². The Morgan fingerprint density at radius 2 is 1.76 bits per heavy atom. The number of hydrogen-bond donors (Lipinski definition) is 1. The Kier molecular flexibility index (Phi) is 7.97. The number of amides is 1.